The van der Waals surface area contributed by atoms with Gasteiger partial charge in [0, 0.05) is 34.7 Å². The van der Waals surface area contributed by atoms with E-state index in [1.54, 1.807) is 0 Å². The third-order valence-electron chi connectivity index (χ3n) is 3.95. The second kappa shape index (κ2) is 5.06. The third kappa shape index (κ3) is 2.10. The summed E-state index contributed by atoms with van der Waals surface area (Å²) in [6, 6.07) is 9.48. The number of benzene rings is 1. The summed E-state index contributed by atoms with van der Waals surface area (Å²) in [4.78, 5) is 0. The molecule has 1 heterocycles. The molecule has 0 unspecified atom stereocenters. The quantitative estimate of drug-likeness (QED) is 0.901. The second-order valence-electron chi connectivity index (χ2n) is 5.07. The van der Waals surface area contributed by atoms with Crippen LogP contribution in [0.25, 0.3) is 10.9 Å². The largest absolute Gasteiger partial charge is 0.343 e. The van der Waals surface area contributed by atoms with Gasteiger partial charge in [0.25, 0.3) is 0 Å². The molecular weight excluding hydrogens is 288 g/mol. The summed E-state index contributed by atoms with van der Waals surface area (Å²) in [5.41, 5.74) is 2.72. The van der Waals surface area contributed by atoms with Crippen LogP contribution in [0.15, 0.2) is 28.7 Å². The molecular formula is C15H19BrN2. The van der Waals surface area contributed by atoms with Crippen LogP contribution in [0, 0.1) is 0 Å². The molecule has 1 aromatic carbocycles. The average molecular weight is 307 g/mol. The number of aromatic nitrogens is 1. The highest BCUT2D eigenvalue weighted by Gasteiger charge is 2.17. The van der Waals surface area contributed by atoms with Gasteiger partial charge >= 0.3 is 0 Å². The molecule has 1 fully saturated rings. The van der Waals surface area contributed by atoms with Crippen LogP contribution in [-0.2, 0) is 13.1 Å². The molecule has 1 aliphatic rings. The van der Waals surface area contributed by atoms with Crippen molar-refractivity contribution in [3.8, 4) is 0 Å². The highest BCUT2D eigenvalue weighted by Crippen LogP contribution is 2.28. The van der Waals surface area contributed by atoms with Gasteiger partial charge < -0.3 is 9.88 Å². The molecule has 0 atom stereocenters. The zero-order chi connectivity index (χ0) is 12.5. The van der Waals surface area contributed by atoms with Crippen LogP contribution in [0.4, 0.5) is 0 Å². The number of hydrogen-bond donors (Lipinski definition) is 1. The average Bonchev–Trinajstić information content (AvgIpc) is 2.66. The first-order chi connectivity index (χ1) is 8.79. The van der Waals surface area contributed by atoms with Crippen molar-refractivity contribution in [1.82, 2.24) is 9.88 Å². The molecule has 0 aliphatic heterocycles. The number of hydrogen-bond acceptors (Lipinski definition) is 1. The van der Waals surface area contributed by atoms with Gasteiger partial charge in [0.2, 0.25) is 0 Å². The predicted molar refractivity (Wildman–Crippen MR) is 79.8 cm³/mol. The molecule has 1 aliphatic carbocycles. The van der Waals surface area contributed by atoms with Crippen LogP contribution in [0.1, 0.15) is 31.9 Å². The molecule has 0 radical (unpaired) electrons. The Morgan fingerprint density at radius 2 is 2.22 bits per heavy atom. The summed E-state index contributed by atoms with van der Waals surface area (Å²) >= 11 is 3.67. The highest BCUT2D eigenvalue weighted by atomic mass is 79.9. The summed E-state index contributed by atoms with van der Waals surface area (Å²) in [5.74, 6) is 0. The Morgan fingerprint density at radius 3 is 2.89 bits per heavy atom. The van der Waals surface area contributed by atoms with Gasteiger partial charge in [-0.2, -0.15) is 0 Å². The van der Waals surface area contributed by atoms with Gasteiger partial charge in [0.15, 0.2) is 0 Å². The summed E-state index contributed by atoms with van der Waals surface area (Å²) < 4.78 is 3.60. The normalized spacial score (nSPS) is 16.1. The number of nitrogens with one attached hydrogen (secondary N) is 1. The smallest absolute Gasteiger partial charge is 0.0627 e. The molecule has 1 aromatic heterocycles. The molecule has 0 saturated heterocycles. The zero-order valence-electron chi connectivity index (χ0n) is 10.7. The lowest BCUT2D eigenvalue weighted by Gasteiger charge is -2.26. The lowest BCUT2D eigenvalue weighted by molar-refractivity contribution is 0.335. The molecule has 1 N–H and O–H groups in total. The van der Waals surface area contributed by atoms with Crippen LogP contribution >= 0.6 is 15.9 Å². The van der Waals surface area contributed by atoms with Crippen molar-refractivity contribution in [2.24, 2.45) is 0 Å². The van der Waals surface area contributed by atoms with E-state index in [-0.39, 0.29) is 0 Å². The van der Waals surface area contributed by atoms with Gasteiger partial charge in [-0.15, -0.1) is 0 Å². The molecule has 2 aromatic rings. The number of para-hydroxylation sites is 1. The molecule has 96 valence electrons. The summed E-state index contributed by atoms with van der Waals surface area (Å²) in [6.07, 6.45) is 4.08. The molecule has 18 heavy (non-hydrogen) atoms. The van der Waals surface area contributed by atoms with Gasteiger partial charge in [-0.25, -0.2) is 0 Å². The van der Waals surface area contributed by atoms with Crippen molar-refractivity contribution in [3.05, 3.63) is 34.4 Å². The minimum absolute atomic E-state index is 0.747. The minimum Gasteiger partial charge on any atom is -0.343 e. The van der Waals surface area contributed by atoms with Crippen molar-refractivity contribution in [1.29, 1.82) is 0 Å². The summed E-state index contributed by atoms with van der Waals surface area (Å²) in [6.45, 7) is 4.22. The van der Waals surface area contributed by atoms with Crippen LogP contribution in [0.2, 0.25) is 0 Å². The Morgan fingerprint density at radius 1 is 1.39 bits per heavy atom. The zero-order valence-corrected chi connectivity index (χ0v) is 12.3. The Kier molecular flexibility index (Phi) is 3.44. The van der Waals surface area contributed by atoms with Crippen LogP contribution in [0.3, 0.4) is 0 Å². The van der Waals surface area contributed by atoms with E-state index in [1.165, 1.54) is 40.3 Å². The fourth-order valence-electron chi connectivity index (χ4n) is 2.70. The predicted octanol–water partition coefficient (Wildman–Crippen LogP) is 4.07. The first kappa shape index (κ1) is 12.2. The fraction of sp³-hybridized carbons (Fsp3) is 0.467. The van der Waals surface area contributed by atoms with Gasteiger partial charge in [-0.3, -0.25) is 0 Å². The van der Waals surface area contributed by atoms with Gasteiger partial charge in [0.1, 0.15) is 0 Å². The van der Waals surface area contributed by atoms with E-state index in [0.29, 0.717) is 0 Å². The van der Waals surface area contributed by atoms with Gasteiger partial charge in [-0.1, -0.05) is 18.6 Å². The number of fused-ring (bicyclic) bond motifs is 1. The SMILES string of the molecule is CCn1c(CNC2CCC2)cc2cccc(Br)c21. The molecule has 0 spiro atoms. The molecule has 2 nitrogen and oxygen atoms in total. The standard InChI is InChI=1S/C15H19BrN2/c1-2-18-13(10-17-12-6-4-7-12)9-11-5-3-8-14(16)15(11)18/h3,5,8-9,12,17H,2,4,6-7,10H2,1H3. The Hall–Kier alpha value is -0.800. The van der Waals surface area contributed by atoms with Crippen LogP contribution < -0.4 is 5.32 Å². The molecule has 0 bridgehead atoms. The Bertz CT molecular complexity index is 555. The minimum atomic E-state index is 0.747. The highest BCUT2D eigenvalue weighted by molar-refractivity contribution is 9.10. The first-order valence-electron chi connectivity index (χ1n) is 6.79. The lowest BCUT2D eigenvalue weighted by Crippen LogP contribution is -2.35. The fourth-order valence-corrected chi connectivity index (χ4v) is 3.30. The van der Waals surface area contributed by atoms with Crippen LogP contribution in [-0.4, -0.2) is 10.6 Å². The molecule has 3 rings (SSSR count). The van der Waals surface area contributed by atoms with E-state index < -0.39 is 0 Å². The van der Waals surface area contributed by atoms with Gasteiger partial charge in [0.05, 0.1) is 5.52 Å². The summed E-state index contributed by atoms with van der Waals surface area (Å²) in [7, 11) is 0. The number of halogens is 1. The van der Waals surface area contributed by atoms with E-state index in [2.05, 4.69) is 57.0 Å². The van der Waals surface area contributed by atoms with Crippen molar-refractivity contribution in [2.75, 3.05) is 0 Å². The van der Waals surface area contributed by atoms with Crippen molar-refractivity contribution in [2.45, 2.75) is 45.3 Å². The van der Waals surface area contributed by atoms with Gasteiger partial charge in [-0.05, 0) is 47.8 Å². The monoisotopic (exact) mass is 306 g/mol. The first-order valence-corrected chi connectivity index (χ1v) is 7.59. The van der Waals surface area contributed by atoms with Crippen LogP contribution in [0.5, 0.6) is 0 Å². The van der Waals surface area contributed by atoms with E-state index in [0.717, 1.165) is 19.1 Å². The Labute approximate surface area is 116 Å². The van der Waals surface area contributed by atoms with Crippen molar-refractivity contribution < 1.29 is 0 Å². The molecule has 3 heteroatoms. The topological polar surface area (TPSA) is 17.0 Å². The molecule has 0 amide bonds. The number of nitrogens with zero attached hydrogens (tertiary/aromatic N) is 1. The Balaban J connectivity index is 1.92. The summed E-state index contributed by atoms with van der Waals surface area (Å²) in [5, 5.41) is 4.98. The van der Waals surface area contributed by atoms with E-state index in [4.69, 9.17) is 0 Å². The number of rotatable bonds is 4. The number of aryl methyl sites for hydroxylation is 1. The van der Waals surface area contributed by atoms with Crippen molar-refractivity contribution in [3.63, 3.8) is 0 Å². The maximum atomic E-state index is 3.67. The van der Waals surface area contributed by atoms with Crippen molar-refractivity contribution >= 4 is 26.8 Å². The maximum absolute atomic E-state index is 3.67. The second-order valence-corrected chi connectivity index (χ2v) is 5.92. The third-order valence-corrected chi connectivity index (χ3v) is 4.59. The van der Waals surface area contributed by atoms with E-state index in [1.807, 2.05) is 0 Å². The maximum Gasteiger partial charge on any atom is 0.0627 e. The van der Waals surface area contributed by atoms with E-state index >= 15 is 0 Å². The lowest BCUT2D eigenvalue weighted by atomic mass is 9.93. The molecule has 1 saturated carbocycles. The van der Waals surface area contributed by atoms with E-state index in [9.17, 15) is 0 Å².